The van der Waals surface area contributed by atoms with Crippen LogP contribution in [-0.4, -0.2) is 51.7 Å². The van der Waals surface area contributed by atoms with E-state index in [1.165, 1.54) is 0 Å². The van der Waals surface area contributed by atoms with Gasteiger partial charge in [0.05, 0.1) is 6.54 Å². The maximum atomic E-state index is 12.4. The summed E-state index contributed by atoms with van der Waals surface area (Å²) < 4.78 is 0. The zero-order valence-corrected chi connectivity index (χ0v) is 13.0. The summed E-state index contributed by atoms with van der Waals surface area (Å²) in [5, 5.41) is 0. The quantitative estimate of drug-likeness (QED) is 0.908. The van der Waals surface area contributed by atoms with E-state index in [1.807, 2.05) is 18.7 Å². The maximum absolute atomic E-state index is 12.4. The van der Waals surface area contributed by atoms with Gasteiger partial charge in [0, 0.05) is 44.4 Å². The van der Waals surface area contributed by atoms with E-state index < -0.39 is 0 Å². The molecule has 6 heteroatoms. The van der Waals surface area contributed by atoms with Crippen LogP contribution < -0.4 is 0 Å². The van der Waals surface area contributed by atoms with Gasteiger partial charge in [0.15, 0.2) is 0 Å². The third kappa shape index (κ3) is 3.83. The Kier molecular flexibility index (Phi) is 4.98. The monoisotopic (exact) mass is 292 g/mol. The van der Waals surface area contributed by atoms with Crippen LogP contribution in [0.1, 0.15) is 32.5 Å². The van der Waals surface area contributed by atoms with Crippen molar-refractivity contribution in [1.82, 2.24) is 19.8 Å². The highest BCUT2D eigenvalue weighted by atomic mass is 16.2. The molecule has 1 aliphatic heterocycles. The van der Waals surface area contributed by atoms with Gasteiger partial charge in [0.25, 0.3) is 0 Å². The van der Waals surface area contributed by atoms with Crippen molar-refractivity contribution in [3.63, 3.8) is 0 Å². The minimum Gasteiger partial charge on any atom is -0.347 e. The normalized spacial score (nSPS) is 16.3. The number of hydrogen-bond acceptors (Lipinski definition) is 3. The van der Waals surface area contributed by atoms with Crippen molar-refractivity contribution in [3.8, 4) is 0 Å². The molecule has 0 spiro atoms. The second-order valence-corrected chi connectivity index (χ2v) is 5.98. The summed E-state index contributed by atoms with van der Waals surface area (Å²) in [5.41, 5.74) is 0. The van der Waals surface area contributed by atoms with Crippen molar-refractivity contribution < 1.29 is 9.59 Å². The molecule has 0 aromatic carbocycles. The van der Waals surface area contributed by atoms with Crippen molar-refractivity contribution in [3.05, 3.63) is 18.2 Å². The molecule has 116 valence electrons. The average Bonchev–Trinajstić information content (AvgIpc) is 2.98. The molecule has 2 amide bonds. The van der Waals surface area contributed by atoms with Gasteiger partial charge in [-0.25, -0.2) is 4.98 Å². The molecule has 1 aliphatic rings. The first-order chi connectivity index (χ1) is 9.99. The fourth-order valence-corrected chi connectivity index (χ4v) is 2.71. The highest BCUT2D eigenvalue weighted by molar-refractivity contribution is 5.80. The number of hydrogen-bond donors (Lipinski definition) is 1. The third-order valence-corrected chi connectivity index (χ3v) is 3.97. The zero-order chi connectivity index (χ0) is 15.4. The number of imidazole rings is 1. The molecule has 0 saturated carbocycles. The highest BCUT2D eigenvalue weighted by Crippen LogP contribution is 2.21. The molecular formula is C15H24N4O2. The van der Waals surface area contributed by atoms with Crippen molar-refractivity contribution in [2.45, 2.75) is 33.2 Å². The lowest BCUT2D eigenvalue weighted by Crippen LogP contribution is -2.44. The Hall–Kier alpha value is -1.85. The van der Waals surface area contributed by atoms with Crippen LogP contribution in [0.15, 0.2) is 12.4 Å². The number of H-pyrrole nitrogens is 1. The second-order valence-electron chi connectivity index (χ2n) is 5.98. The number of piperidine rings is 1. The van der Waals surface area contributed by atoms with Crippen LogP contribution in [0, 0.1) is 11.8 Å². The van der Waals surface area contributed by atoms with Gasteiger partial charge in [-0.1, -0.05) is 13.8 Å². The van der Waals surface area contributed by atoms with Gasteiger partial charge in [-0.15, -0.1) is 0 Å². The van der Waals surface area contributed by atoms with E-state index in [-0.39, 0.29) is 23.7 Å². The molecule has 1 fully saturated rings. The van der Waals surface area contributed by atoms with E-state index in [4.69, 9.17) is 0 Å². The van der Waals surface area contributed by atoms with Crippen LogP contribution in [0.25, 0.3) is 0 Å². The van der Waals surface area contributed by atoms with Gasteiger partial charge in [-0.05, 0) is 12.8 Å². The molecule has 1 aromatic heterocycles. The molecule has 21 heavy (non-hydrogen) atoms. The van der Waals surface area contributed by atoms with E-state index in [9.17, 15) is 9.59 Å². The van der Waals surface area contributed by atoms with E-state index in [1.54, 1.807) is 24.3 Å². The summed E-state index contributed by atoms with van der Waals surface area (Å²) in [6.07, 6.45) is 4.94. The Morgan fingerprint density at radius 3 is 2.62 bits per heavy atom. The van der Waals surface area contributed by atoms with Gasteiger partial charge < -0.3 is 14.8 Å². The summed E-state index contributed by atoms with van der Waals surface area (Å²) in [6.45, 7) is 5.69. The standard InChI is InChI=1S/C15H24N4O2/c1-11(2)14(20)19-8-4-12(5-9-19)15(21)18(3)10-13-16-6-7-17-13/h6-7,11-12H,4-5,8-10H2,1-3H3,(H,16,17). The van der Waals surface area contributed by atoms with E-state index in [0.29, 0.717) is 19.6 Å². The number of amides is 2. The minimum absolute atomic E-state index is 0.0150. The lowest BCUT2D eigenvalue weighted by molar-refractivity contribution is -0.141. The fourth-order valence-electron chi connectivity index (χ4n) is 2.71. The van der Waals surface area contributed by atoms with Gasteiger partial charge in [-0.2, -0.15) is 0 Å². The fraction of sp³-hybridized carbons (Fsp3) is 0.667. The van der Waals surface area contributed by atoms with Crippen LogP contribution in [0.2, 0.25) is 0 Å². The number of aromatic amines is 1. The summed E-state index contributed by atoms with van der Waals surface area (Å²) in [7, 11) is 1.80. The molecule has 2 rings (SSSR count). The molecule has 0 radical (unpaired) electrons. The Bertz CT molecular complexity index is 476. The van der Waals surface area contributed by atoms with E-state index in [0.717, 1.165) is 18.7 Å². The average molecular weight is 292 g/mol. The van der Waals surface area contributed by atoms with Crippen LogP contribution in [0.5, 0.6) is 0 Å². The minimum atomic E-state index is 0.0150. The van der Waals surface area contributed by atoms with Crippen molar-refractivity contribution >= 4 is 11.8 Å². The number of aromatic nitrogens is 2. The van der Waals surface area contributed by atoms with E-state index in [2.05, 4.69) is 9.97 Å². The topological polar surface area (TPSA) is 69.3 Å². The smallest absolute Gasteiger partial charge is 0.225 e. The van der Waals surface area contributed by atoms with Gasteiger partial charge in [0.1, 0.15) is 5.82 Å². The summed E-state index contributed by atoms with van der Waals surface area (Å²) >= 11 is 0. The van der Waals surface area contributed by atoms with E-state index >= 15 is 0 Å². The first kappa shape index (κ1) is 15.5. The number of likely N-dealkylation sites (tertiary alicyclic amines) is 1. The second kappa shape index (κ2) is 6.74. The summed E-state index contributed by atoms with van der Waals surface area (Å²) in [5.74, 6) is 1.16. The first-order valence-corrected chi connectivity index (χ1v) is 7.51. The van der Waals surface area contributed by atoms with Crippen LogP contribution >= 0.6 is 0 Å². The number of carbonyl (C=O) groups excluding carboxylic acids is 2. The molecule has 0 unspecified atom stereocenters. The van der Waals surface area contributed by atoms with Crippen molar-refractivity contribution in [2.75, 3.05) is 20.1 Å². The highest BCUT2D eigenvalue weighted by Gasteiger charge is 2.29. The molecule has 2 heterocycles. The van der Waals surface area contributed by atoms with Crippen LogP contribution in [0.4, 0.5) is 0 Å². The SMILES string of the molecule is CC(C)C(=O)N1CCC(C(=O)N(C)Cc2ncc[nH]2)CC1. The van der Waals surface area contributed by atoms with Crippen molar-refractivity contribution in [2.24, 2.45) is 11.8 Å². The lowest BCUT2D eigenvalue weighted by atomic mass is 9.94. The van der Waals surface area contributed by atoms with Gasteiger partial charge >= 0.3 is 0 Å². The van der Waals surface area contributed by atoms with Crippen LogP contribution in [-0.2, 0) is 16.1 Å². The Morgan fingerprint density at radius 2 is 2.10 bits per heavy atom. The summed E-state index contributed by atoms with van der Waals surface area (Å²) in [6, 6.07) is 0. The van der Waals surface area contributed by atoms with Gasteiger partial charge in [0.2, 0.25) is 11.8 Å². The lowest BCUT2D eigenvalue weighted by Gasteiger charge is -2.34. The number of rotatable bonds is 4. The number of nitrogens with one attached hydrogen (secondary N) is 1. The number of nitrogens with zero attached hydrogens (tertiary/aromatic N) is 3. The molecule has 0 aliphatic carbocycles. The molecule has 1 N–H and O–H groups in total. The first-order valence-electron chi connectivity index (χ1n) is 7.51. The Balaban J connectivity index is 1.84. The van der Waals surface area contributed by atoms with Crippen molar-refractivity contribution in [1.29, 1.82) is 0 Å². The zero-order valence-electron chi connectivity index (χ0n) is 13.0. The third-order valence-electron chi connectivity index (χ3n) is 3.97. The molecule has 0 bridgehead atoms. The maximum Gasteiger partial charge on any atom is 0.225 e. The Labute approximate surface area is 125 Å². The molecule has 0 atom stereocenters. The molecule has 6 nitrogen and oxygen atoms in total. The Morgan fingerprint density at radius 1 is 1.43 bits per heavy atom. The number of carbonyl (C=O) groups is 2. The summed E-state index contributed by atoms with van der Waals surface area (Å²) in [4.78, 5) is 35.1. The molecular weight excluding hydrogens is 268 g/mol. The largest absolute Gasteiger partial charge is 0.347 e. The predicted octanol–water partition coefficient (Wildman–Crippen LogP) is 1.26. The predicted molar refractivity (Wildman–Crippen MR) is 79.2 cm³/mol. The van der Waals surface area contributed by atoms with Crippen LogP contribution in [0.3, 0.4) is 0 Å². The van der Waals surface area contributed by atoms with Gasteiger partial charge in [-0.3, -0.25) is 9.59 Å². The molecule has 1 aromatic rings. The molecule has 1 saturated heterocycles.